The molecule has 1 aromatic carbocycles. The monoisotopic (exact) mass is 313 g/mol. The van der Waals surface area contributed by atoms with Crippen LogP contribution in [0.4, 0.5) is 0 Å². The predicted octanol–water partition coefficient (Wildman–Crippen LogP) is 1.58. The molecule has 2 atom stereocenters. The van der Waals surface area contributed by atoms with Crippen LogP contribution in [-0.2, 0) is 0 Å². The standard InChI is InChI=1S/C15H17N5O.C2H6/c21-15(19-9-11-7-16-8-12(11)10-19)13-3-1-2-4-14(13)20-17-5-6-18-20;1-2/h1-6,11-12,16H,7-10H2;1-2H3. The van der Waals surface area contributed by atoms with Crippen molar-refractivity contribution < 1.29 is 4.79 Å². The Kier molecular flexibility index (Phi) is 4.71. The Labute approximate surface area is 136 Å². The van der Waals surface area contributed by atoms with Gasteiger partial charge in [0.15, 0.2) is 0 Å². The third-order valence-electron chi connectivity index (χ3n) is 4.45. The molecule has 2 fully saturated rings. The lowest BCUT2D eigenvalue weighted by Crippen LogP contribution is -2.32. The van der Waals surface area contributed by atoms with Crippen LogP contribution in [0.2, 0.25) is 0 Å². The van der Waals surface area contributed by atoms with Gasteiger partial charge in [0.05, 0.1) is 23.6 Å². The fourth-order valence-corrected chi connectivity index (χ4v) is 3.36. The zero-order valence-electron chi connectivity index (χ0n) is 13.6. The highest BCUT2D eigenvalue weighted by Crippen LogP contribution is 2.28. The van der Waals surface area contributed by atoms with Crippen LogP contribution in [0.15, 0.2) is 36.7 Å². The highest BCUT2D eigenvalue weighted by atomic mass is 16.2. The largest absolute Gasteiger partial charge is 0.338 e. The minimum atomic E-state index is 0.0808. The quantitative estimate of drug-likeness (QED) is 0.914. The number of rotatable bonds is 2. The van der Waals surface area contributed by atoms with Crippen molar-refractivity contribution in [2.45, 2.75) is 13.8 Å². The number of fused-ring (bicyclic) bond motifs is 1. The molecule has 0 radical (unpaired) electrons. The number of likely N-dealkylation sites (tertiary alicyclic amines) is 1. The van der Waals surface area contributed by atoms with Gasteiger partial charge in [0.1, 0.15) is 0 Å². The van der Waals surface area contributed by atoms with E-state index in [2.05, 4.69) is 15.5 Å². The minimum Gasteiger partial charge on any atom is -0.338 e. The number of carbonyl (C=O) groups excluding carboxylic acids is 1. The number of nitrogens with one attached hydrogen (secondary N) is 1. The normalized spacial score (nSPS) is 22.4. The van der Waals surface area contributed by atoms with Gasteiger partial charge in [-0.2, -0.15) is 15.0 Å². The van der Waals surface area contributed by atoms with E-state index in [-0.39, 0.29) is 5.91 Å². The van der Waals surface area contributed by atoms with Gasteiger partial charge in [0.2, 0.25) is 0 Å². The number of carbonyl (C=O) groups is 1. The molecule has 0 aliphatic carbocycles. The highest BCUT2D eigenvalue weighted by Gasteiger charge is 2.38. The van der Waals surface area contributed by atoms with E-state index in [1.165, 1.54) is 4.80 Å². The second-order valence-electron chi connectivity index (χ2n) is 5.72. The lowest BCUT2D eigenvalue weighted by molar-refractivity contribution is 0.0781. The minimum absolute atomic E-state index is 0.0808. The van der Waals surface area contributed by atoms with Crippen molar-refractivity contribution in [2.75, 3.05) is 26.2 Å². The Morgan fingerprint density at radius 1 is 1.09 bits per heavy atom. The van der Waals surface area contributed by atoms with E-state index in [1.54, 1.807) is 12.4 Å². The van der Waals surface area contributed by atoms with E-state index in [0.29, 0.717) is 17.4 Å². The fraction of sp³-hybridized carbons (Fsp3) is 0.471. The molecule has 2 saturated heterocycles. The summed E-state index contributed by atoms with van der Waals surface area (Å²) in [7, 11) is 0. The van der Waals surface area contributed by atoms with Crippen LogP contribution in [0.3, 0.4) is 0 Å². The van der Waals surface area contributed by atoms with Gasteiger partial charge in [-0.05, 0) is 24.0 Å². The SMILES string of the molecule is CC.O=C(c1ccccc1-n1nccn1)N1CC2CNCC2C1. The van der Waals surface area contributed by atoms with Gasteiger partial charge in [0.25, 0.3) is 5.91 Å². The molecule has 1 N–H and O–H groups in total. The van der Waals surface area contributed by atoms with Crippen LogP contribution in [0, 0.1) is 11.8 Å². The van der Waals surface area contributed by atoms with Crippen molar-refractivity contribution in [1.82, 2.24) is 25.2 Å². The van der Waals surface area contributed by atoms with Gasteiger partial charge in [0, 0.05) is 26.2 Å². The lowest BCUT2D eigenvalue weighted by atomic mass is 10.0. The molecule has 2 aliphatic heterocycles. The highest BCUT2D eigenvalue weighted by molar-refractivity contribution is 5.97. The van der Waals surface area contributed by atoms with Crippen LogP contribution in [0.1, 0.15) is 24.2 Å². The van der Waals surface area contributed by atoms with E-state index >= 15 is 0 Å². The predicted molar refractivity (Wildman–Crippen MR) is 88.5 cm³/mol. The second-order valence-corrected chi connectivity index (χ2v) is 5.72. The number of benzene rings is 1. The zero-order chi connectivity index (χ0) is 16.2. The third kappa shape index (κ3) is 2.99. The van der Waals surface area contributed by atoms with Gasteiger partial charge in [-0.3, -0.25) is 4.79 Å². The first-order valence-corrected chi connectivity index (χ1v) is 8.28. The van der Waals surface area contributed by atoms with Crippen molar-refractivity contribution in [3.8, 4) is 5.69 Å². The number of nitrogens with zero attached hydrogens (tertiary/aromatic N) is 4. The van der Waals surface area contributed by atoms with E-state index in [1.807, 2.05) is 43.0 Å². The molecule has 1 amide bonds. The van der Waals surface area contributed by atoms with E-state index in [9.17, 15) is 4.79 Å². The van der Waals surface area contributed by atoms with Crippen LogP contribution in [0.5, 0.6) is 0 Å². The Hall–Kier alpha value is -2.21. The molecule has 3 heterocycles. The fourth-order valence-electron chi connectivity index (χ4n) is 3.36. The van der Waals surface area contributed by atoms with E-state index in [4.69, 9.17) is 0 Å². The summed E-state index contributed by atoms with van der Waals surface area (Å²) in [4.78, 5) is 16.3. The van der Waals surface area contributed by atoms with Crippen molar-refractivity contribution in [3.63, 3.8) is 0 Å². The molecule has 122 valence electrons. The third-order valence-corrected chi connectivity index (χ3v) is 4.45. The number of hydrogen-bond donors (Lipinski definition) is 1. The molecule has 2 aromatic rings. The summed E-state index contributed by atoms with van der Waals surface area (Å²) >= 11 is 0. The summed E-state index contributed by atoms with van der Waals surface area (Å²) in [6.45, 7) is 7.74. The van der Waals surface area contributed by atoms with Crippen molar-refractivity contribution in [2.24, 2.45) is 11.8 Å². The Morgan fingerprint density at radius 3 is 2.35 bits per heavy atom. The molecule has 0 spiro atoms. The molecule has 6 nitrogen and oxygen atoms in total. The van der Waals surface area contributed by atoms with Crippen LogP contribution >= 0.6 is 0 Å². The Balaban J connectivity index is 0.000000753. The van der Waals surface area contributed by atoms with Crippen LogP contribution < -0.4 is 5.32 Å². The Bertz CT molecular complexity index is 643. The molecular formula is C17H23N5O. The number of amides is 1. The Morgan fingerprint density at radius 2 is 1.70 bits per heavy atom. The van der Waals surface area contributed by atoms with Crippen molar-refractivity contribution in [1.29, 1.82) is 0 Å². The van der Waals surface area contributed by atoms with Gasteiger partial charge < -0.3 is 10.2 Å². The summed E-state index contributed by atoms with van der Waals surface area (Å²) in [6.07, 6.45) is 3.24. The zero-order valence-corrected chi connectivity index (χ0v) is 13.6. The lowest BCUT2D eigenvalue weighted by Gasteiger charge is -2.19. The summed E-state index contributed by atoms with van der Waals surface area (Å²) < 4.78 is 0. The molecule has 6 heteroatoms. The average molecular weight is 313 g/mol. The smallest absolute Gasteiger partial charge is 0.256 e. The summed E-state index contributed by atoms with van der Waals surface area (Å²) in [5.74, 6) is 1.28. The summed E-state index contributed by atoms with van der Waals surface area (Å²) in [5, 5.41) is 11.7. The van der Waals surface area contributed by atoms with Crippen LogP contribution in [0.25, 0.3) is 5.69 Å². The van der Waals surface area contributed by atoms with Crippen molar-refractivity contribution >= 4 is 5.91 Å². The molecule has 2 aliphatic rings. The first-order chi connectivity index (χ1) is 11.3. The molecule has 2 unspecified atom stereocenters. The van der Waals surface area contributed by atoms with Gasteiger partial charge in [-0.25, -0.2) is 0 Å². The average Bonchev–Trinajstić information content (AvgIpc) is 3.32. The second kappa shape index (κ2) is 6.91. The molecule has 0 bridgehead atoms. The van der Waals surface area contributed by atoms with E-state index < -0.39 is 0 Å². The van der Waals surface area contributed by atoms with Gasteiger partial charge >= 0.3 is 0 Å². The molecular weight excluding hydrogens is 290 g/mol. The number of aromatic nitrogens is 3. The maximum atomic E-state index is 12.8. The van der Waals surface area contributed by atoms with Gasteiger partial charge in [-0.1, -0.05) is 26.0 Å². The molecule has 0 saturated carbocycles. The maximum absolute atomic E-state index is 12.8. The van der Waals surface area contributed by atoms with Crippen LogP contribution in [-0.4, -0.2) is 52.0 Å². The summed E-state index contributed by atoms with van der Waals surface area (Å²) in [6, 6.07) is 7.52. The first kappa shape index (κ1) is 15.7. The molecule has 1 aromatic heterocycles. The van der Waals surface area contributed by atoms with Crippen molar-refractivity contribution in [3.05, 3.63) is 42.2 Å². The topological polar surface area (TPSA) is 63.1 Å². The summed E-state index contributed by atoms with van der Waals surface area (Å²) in [5.41, 5.74) is 1.41. The number of hydrogen-bond acceptors (Lipinski definition) is 4. The van der Waals surface area contributed by atoms with Gasteiger partial charge in [-0.15, -0.1) is 0 Å². The van der Waals surface area contributed by atoms with E-state index in [0.717, 1.165) is 31.9 Å². The molecule has 23 heavy (non-hydrogen) atoms. The first-order valence-electron chi connectivity index (χ1n) is 8.28. The molecule has 4 rings (SSSR count). The maximum Gasteiger partial charge on any atom is 0.256 e. The number of para-hydroxylation sites is 1.